The van der Waals surface area contributed by atoms with Crippen LogP contribution in [0.25, 0.3) is 0 Å². The molecule has 0 heterocycles. The molecule has 0 rings (SSSR count). The van der Waals surface area contributed by atoms with Gasteiger partial charge in [0.25, 0.3) is 0 Å². The summed E-state index contributed by atoms with van der Waals surface area (Å²) in [6.45, 7) is 6.76. The SMILES string of the molecule is CC(C)(C)CCC(CCCCl)NN. The highest BCUT2D eigenvalue weighted by Crippen LogP contribution is 2.22. The van der Waals surface area contributed by atoms with Crippen molar-refractivity contribution in [2.45, 2.75) is 52.5 Å². The number of hydrogen-bond donors (Lipinski definition) is 2. The lowest BCUT2D eigenvalue weighted by atomic mass is 9.88. The summed E-state index contributed by atoms with van der Waals surface area (Å²) in [5.74, 6) is 6.18. The van der Waals surface area contributed by atoms with Crippen molar-refractivity contribution in [2.24, 2.45) is 11.3 Å². The molecule has 3 N–H and O–H groups in total. The van der Waals surface area contributed by atoms with Crippen molar-refractivity contribution in [1.29, 1.82) is 0 Å². The molecule has 3 heteroatoms. The Hall–Kier alpha value is 0.210. The highest BCUT2D eigenvalue weighted by molar-refractivity contribution is 6.17. The Bertz CT molecular complexity index is 121. The molecule has 0 bridgehead atoms. The van der Waals surface area contributed by atoms with Crippen molar-refractivity contribution in [3.63, 3.8) is 0 Å². The van der Waals surface area contributed by atoms with Gasteiger partial charge in [-0.1, -0.05) is 20.8 Å². The van der Waals surface area contributed by atoms with Crippen LogP contribution in [-0.4, -0.2) is 11.9 Å². The van der Waals surface area contributed by atoms with Crippen molar-refractivity contribution >= 4 is 11.6 Å². The highest BCUT2D eigenvalue weighted by atomic mass is 35.5. The molecule has 0 aromatic rings. The normalized spacial score (nSPS) is 14.5. The molecule has 0 aromatic carbocycles. The summed E-state index contributed by atoms with van der Waals surface area (Å²) in [6.07, 6.45) is 4.46. The zero-order valence-corrected chi connectivity index (χ0v) is 9.82. The van der Waals surface area contributed by atoms with Crippen LogP contribution in [0.1, 0.15) is 46.5 Å². The van der Waals surface area contributed by atoms with Crippen molar-refractivity contribution in [3.8, 4) is 0 Å². The minimum absolute atomic E-state index is 0.399. The first-order valence-electron chi connectivity index (χ1n) is 5.01. The molecule has 0 aromatic heterocycles. The van der Waals surface area contributed by atoms with Crippen LogP contribution in [0.4, 0.5) is 0 Å². The van der Waals surface area contributed by atoms with E-state index in [0.29, 0.717) is 11.5 Å². The number of halogens is 1. The Morgan fingerprint density at radius 3 is 2.31 bits per heavy atom. The average molecular weight is 207 g/mol. The van der Waals surface area contributed by atoms with Crippen LogP contribution in [0.5, 0.6) is 0 Å². The fraction of sp³-hybridized carbons (Fsp3) is 1.00. The summed E-state index contributed by atoms with van der Waals surface area (Å²) >= 11 is 5.62. The van der Waals surface area contributed by atoms with Crippen LogP contribution in [0, 0.1) is 5.41 Å². The van der Waals surface area contributed by atoms with E-state index in [9.17, 15) is 0 Å². The molecule has 0 radical (unpaired) electrons. The van der Waals surface area contributed by atoms with Gasteiger partial charge in [0.2, 0.25) is 0 Å². The smallest absolute Gasteiger partial charge is 0.0224 e. The minimum Gasteiger partial charge on any atom is -0.271 e. The van der Waals surface area contributed by atoms with Gasteiger partial charge in [0.15, 0.2) is 0 Å². The predicted octanol–water partition coefficient (Wildman–Crippen LogP) is 2.66. The van der Waals surface area contributed by atoms with Crippen LogP contribution < -0.4 is 11.3 Å². The summed E-state index contributed by atoms with van der Waals surface area (Å²) < 4.78 is 0. The van der Waals surface area contributed by atoms with Crippen molar-refractivity contribution in [3.05, 3.63) is 0 Å². The third-order valence-electron chi connectivity index (χ3n) is 2.16. The van der Waals surface area contributed by atoms with E-state index in [1.165, 1.54) is 6.42 Å². The molecule has 2 nitrogen and oxygen atoms in total. The van der Waals surface area contributed by atoms with E-state index in [1.54, 1.807) is 0 Å². The van der Waals surface area contributed by atoms with Crippen LogP contribution in [0.2, 0.25) is 0 Å². The third-order valence-corrected chi connectivity index (χ3v) is 2.43. The van der Waals surface area contributed by atoms with Gasteiger partial charge in [-0.15, -0.1) is 11.6 Å². The first kappa shape index (κ1) is 13.2. The minimum atomic E-state index is 0.399. The molecule has 80 valence electrons. The maximum absolute atomic E-state index is 5.62. The fourth-order valence-corrected chi connectivity index (χ4v) is 1.40. The molecular formula is C10H23ClN2. The van der Waals surface area contributed by atoms with Crippen molar-refractivity contribution in [1.82, 2.24) is 5.43 Å². The lowest BCUT2D eigenvalue weighted by Crippen LogP contribution is -2.35. The van der Waals surface area contributed by atoms with Gasteiger partial charge in [0, 0.05) is 11.9 Å². The van der Waals surface area contributed by atoms with Gasteiger partial charge in [0.1, 0.15) is 0 Å². The molecule has 0 saturated heterocycles. The molecule has 0 aliphatic heterocycles. The standard InChI is InChI=1S/C10H23ClN2/c1-10(2,3)7-6-9(13-12)5-4-8-11/h9,13H,4-8,12H2,1-3H3. The molecule has 0 fully saturated rings. The lowest BCUT2D eigenvalue weighted by Gasteiger charge is -2.22. The Kier molecular flexibility index (Phi) is 6.74. The largest absolute Gasteiger partial charge is 0.271 e. The van der Waals surface area contributed by atoms with Gasteiger partial charge in [0.05, 0.1) is 0 Å². The van der Waals surface area contributed by atoms with E-state index in [-0.39, 0.29) is 0 Å². The van der Waals surface area contributed by atoms with Crippen LogP contribution in [-0.2, 0) is 0 Å². The third kappa shape index (κ3) is 8.54. The zero-order chi connectivity index (χ0) is 10.3. The second-order valence-electron chi connectivity index (χ2n) is 4.79. The number of hydrazine groups is 1. The van der Waals surface area contributed by atoms with E-state index in [1.807, 2.05) is 0 Å². The van der Waals surface area contributed by atoms with Gasteiger partial charge in [-0.2, -0.15) is 0 Å². The Balaban J connectivity index is 3.59. The Morgan fingerprint density at radius 1 is 1.31 bits per heavy atom. The monoisotopic (exact) mass is 206 g/mol. The van der Waals surface area contributed by atoms with E-state index in [4.69, 9.17) is 17.4 Å². The van der Waals surface area contributed by atoms with Gasteiger partial charge in [-0.05, 0) is 31.1 Å². The van der Waals surface area contributed by atoms with Crippen molar-refractivity contribution < 1.29 is 0 Å². The summed E-state index contributed by atoms with van der Waals surface area (Å²) in [5, 5.41) is 0. The summed E-state index contributed by atoms with van der Waals surface area (Å²) in [7, 11) is 0. The quantitative estimate of drug-likeness (QED) is 0.399. The topological polar surface area (TPSA) is 38.0 Å². The number of nitrogens with one attached hydrogen (secondary N) is 1. The zero-order valence-electron chi connectivity index (χ0n) is 9.07. The molecule has 1 unspecified atom stereocenters. The van der Waals surface area contributed by atoms with Gasteiger partial charge in [-0.25, -0.2) is 0 Å². The first-order valence-corrected chi connectivity index (χ1v) is 5.55. The summed E-state index contributed by atoms with van der Waals surface area (Å²) in [4.78, 5) is 0. The highest BCUT2D eigenvalue weighted by Gasteiger charge is 2.13. The number of nitrogens with two attached hydrogens (primary N) is 1. The maximum atomic E-state index is 5.62. The van der Waals surface area contributed by atoms with E-state index in [2.05, 4.69) is 26.2 Å². The molecule has 0 spiro atoms. The molecule has 13 heavy (non-hydrogen) atoms. The molecule has 0 aliphatic carbocycles. The molecule has 0 saturated carbocycles. The summed E-state index contributed by atoms with van der Waals surface area (Å²) in [5.41, 5.74) is 3.25. The molecule has 0 aliphatic rings. The van der Waals surface area contributed by atoms with E-state index < -0.39 is 0 Å². The Labute approximate surface area is 87.2 Å². The Morgan fingerprint density at radius 2 is 1.92 bits per heavy atom. The predicted molar refractivity (Wildman–Crippen MR) is 59.8 cm³/mol. The molecular weight excluding hydrogens is 184 g/mol. The number of alkyl halides is 1. The number of hydrogen-bond acceptors (Lipinski definition) is 2. The van der Waals surface area contributed by atoms with Crippen molar-refractivity contribution in [2.75, 3.05) is 5.88 Å². The molecule has 1 atom stereocenters. The first-order chi connectivity index (χ1) is 5.99. The van der Waals surface area contributed by atoms with Crippen LogP contribution in [0.15, 0.2) is 0 Å². The summed E-state index contributed by atoms with van der Waals surface area (Å²) in [6, 6.07) is 0.429. The van der Waals surface area contributed by atoms with E-state index in [0.717, 1.165) is 25.1 Å². The van der Waals surface area contributed by atoms with Gasteiger partial charge >= 0.3 is 0 Å². The average Bonchev–Trinajstić information content (AvgIpc) is 2.03. The van der Waals surface area contributed by atoms with E-state index >= 15 is 0 Å². The second kappa shape index (κ2) is 6.63. The van der Waals surface area contributed by atoms with Crippen LogP contribution >= 0.6 is 11.6 Å². The van der Waals surface area contributed by atoms with Gasteiger partial charge < -0.3 is 0 Å². The maximum Gasteiger partial charge on any atom is 0.0224 e. The van der Waals surface area contributed by atoms with Crippen LogP contribution in [0.3, 0.4) is 0 Å². The lowest BCUT2D eigenvalue weighted by molar-refractivity contribution is 0.323. The molecule has 0 amide bonds. The number of rotatable bonds is 6. The van der Waals surface area contributed by atoms with Gasteiger partial charge in [-0.3, -0.25) is 11.3 Å². The fourth-order valence-electron chi connectivity index (χ4n) is 1.24. The second-order valence-corrected chi connectivity index (χ2v) is 5.17.